The number of hydrogen-bond donors (Lipinski definition) is 1. The highest BCUT2D eigenvalue weighted by atomic mass is 16.5. The minimum Gasteiger partial charge on any atom is -0.497 e. The molecule has 1 heterocycles. The first-order valence-electron chi connectivity index (χ1n) is 7.46. The highest BCUT2D eigenvalue weighted by Gasteiger charge is 2.27. The van der Waals surface area contributed by atoms with Crippen LogP contribution in [-0.4, -0.2) is 12.2 Å². The van der Waals surface area contributed by atoms with E-state index in [4.69, 9.17) is 9.15 Å². The van der Waals surface area contributed by atoms with E-state index in [-0.39, 0.29) is 0 Å². The number of aryl methyl sites for hydroxylation is 1. The Kier molecular flexibility index (Phi) is 3.70. The van der Waals surface area contributed by atoms with Crippen LogP contribution in [0, 0.1) is 12.8 Å². The molecule has 1 N–H and O–H groups in total. The molecule has 0 aliphatic heterocycles. The Labute approximate surface area is 119 Å². The SMILES string of the molecule is COc1ccc2c(C(O)C3CCCCC3)oc(C)c2c1. The number of ether oxygens (including phenoxy) is 1. The number of methoxy groups -OCH3 is 1. The van der Waals surface area contributed by atoms with E-state index in [1.54, 1.807) is 7.11 Å². The molecule has 3 heteroatoms. The maximum Gasteiger partial charge on any atom is 0.140 e. The monoisotopic (exact) mass is 274 g/mol. The van der Waals surface area contributed by atoms with E-state index in [1.165, 1.54) is 19.3 Å². The molecular formula is C17H22O3. The first-order valence-corrected chi connectivity index (χ1v) is 7.46. The molecule has 0 saturated heterocycles. The molecule has 20 heavy (non-hydrogen) atoms. The van der Waals surface area contributed by atoms with Gasteiger partial charge in [-0.2, -0.15) is 0 Å². The fourth-order valence-electron chi connectivity index (χ4n) is 3.32. The lowest BCUT2D eigenvalue weighted by Crippen LogP contribution is -2.15. The zero-order chi connectivity index (χ0) is 14.1. The van der Waals surface area contributed by atoms with Crippen molar-refractivity contribution in [1.82, 2.24) is 0 Å². The lowest BCUT2D eigenvalue weighted by molar-refractivity contribution is 0.0661. The van der Waals surface area contributed by atoms with Gasteiger partial charge < -0.3 is 14.3 Å². The summed E-state index contributed by atoms with van der Waals surface area (Å²) in [5, 5.41) is 12.7. The van der Waals surface area contributed by atoms with Crippen LogP contribution >= 0.6 is 0 Å². The number of aliphatic hydroxyl groups is 1. The topological polar surface area (TPSA) is 42.6 Å². The van der Waals surface area contributed by atoms with Crippen molar-refractivity contribution in [2.24, 2.45) is 5.92 Å². The summed E-state index contributed by atoms with van der Waals surface area (Å²) in [5.74, 6) is 2.73. The molecule has 0 bridgehead atoms. The number of hydrogen-bond acceptors (Lipinski definition) is 3. The maximum absolute atomic E-state index is 10.7. The Morgan fingerprint density at radius 1 is 1.20 bits per heavy atom. The van der Waals surface area contributed by atoms with Crippen molar-refractivity contribution < 1.29 is 14.3 Å². The molecule has 1 saturated carbocycles. The normalized spacial score (nSPS) is 18.4. The van der Waals surface area contributed by atoms with Crippen molar-refractivity contribution >= 4 is 10.8 Å². The van der Waals surface area contributed by atoms with E-state index in [0.717, 1.165) is 40.9 Å². The van der Waals surface area contributed by atoms with Gasteiger partial charge in [-0.15, -0.1) is 0 Å². The van der Waals surface area contributed by atoms with E-state index in [2.05, 4.69) is 0 Å². The van der Waals surface area contributed by atoms with E-state index >= 15 is 0 Å². The Balaban J connectivity index is 1.98. The van der Waals surface area contributed by atoms with Gasteiger partial charge >= 0.3 is 0 Å². The van der Waals surface area contributed by atoms with Crippen LogP contribution in [0.3, 0.4) is 0 Å². The van der Waals surface area contributed by atoms with Gasteiger partial charge in [0.15, 0.2) is 0 Å². The molecule has 1 unspecified atom stereocenters. The third-order valence-electron chi connectivity index (χ3n) is 4.50. The number of rotatable bonds is 3. The second kappa shape index (κ2) is 5.49. The van der Waals surface area contributed by atoms with E-state index < -0.39 is 6.10 Å². The predicted octanol–water partition coefficient (Wildman–Crippen LogP) is 4.36. The fraction of sp³-hybridized carbons (Fsp3) is 0.529. The molecule has 1 fully saturated rings. The maximum atomic E-state index is 10.7. The average molecular weight is 274 g/mol. The van der Waals surface area contributed by atoms with Gasteiger partial charge in [-0.1, -0.05) is 19.3 Å². The smallest absolute Gasteiger partial charge is 0.140 e. The summed E-state index contributed by atoms with van der Waals surface area (Å²) in [4.78, 5) is 0. The summed E-state index contributed by atoms with van der Waals surface area (Å²) >= 11 is 0. The van der Waals surface area contributed by atoms with Crippen molar-refractivity contribution in [1.29, 1.82) is 0 Å². The van der Waals surface area contributed by atoms with Crippen LogP contribution in [0.1, 0.15) is 49.7 Å². The summed E-state index contributed by atoms with van der Waals surface area (Å²) in [5.41, 5.74) is 0. The molecule has 3 nitrogen and oxygen atoms in total. The summed E-state index contributed by atoms with van der Waals surface area (Å²) < 4.78 is 11.1. The van der Waals surface area contributed by atoms with Gasteiger partial charge in [0.2, 0.25) is 0 Å². The molecule has 1 aromatic carbocycles. The van der Waals surface area contributed by atoms with Crippen LogP contribution in [0.2, 0.25) is 0 Å². The van der Waals surface area contributed by atoms with Gasteiger partial charge in [0, 0.05) is 10.8 Å². The Hall–Kier alpha value is -1.48. The van der Waals surface area contributed by atoms with Crippen molar-refractivity contribution in [3.05, 3.63) is 29.7 Å². The average Bonchev–Trinajstić information content (AvgIpc) is 2.84. The van der Waals surface area contributed by atoms with Gasteiger partial charge in [-0.05, 0) is 43.9 Å². The van der Waals surface area contributed by atoms with E-state index in [1.807, 2.05) is 25.1 Å². The predicted molar refractivity (Wildman–Crippen MR) is 79.0 cm³/mol. The van der Waals surface area contributed by atoms with Gasteiger partial charge in [0.25, 0.3) is 0 Å². The third kappa shape index (κ3) is 2.31. The van der Waals surface area contributed by atoms with E-state index in [9.17, 15) is 5.11 Å². The third-order valence-corrected chi connectivity index (χ3v) is 4.50. The summed E-state index contributed by atoms with van der Waals surface area (Å²) in [6, 6.07) is 5.89. The standard InChI is InChI=1S/C17H22O3/c1-11-15-10-13(19-2)8-9-14(15)17(20-11)16(18)12-6-4-3-5-7-12/h8-10,12,16,18H,3-7H2,1-2H3. The fourth-order valence-corrected chi connectivity index (χ4v) is 3.32. The highest BCUT2D eigenvalue weighted by molar-refractivity contribution is 5.88. The van der Waals surface area contributed by atoms with Crippen LogP contribution < -0.4 is 4.74 Å². The van der Waals surface area contributed by atoms with Crippen molar-refractivity contribution in [3.8, 4) is 5.75 Å². The molecule has 1 atom stereocenters. The first-order chi connectivity index (χ1) is 9.70. The number of benzene rings is 1. The molecule has 3 rings (SSSR count). The van der Waals surface area contributed by atoms with Gasteiger partial charge in [-0.3, -0.25) is 0 Å². The van der Waals surface area contributed by atoms with Gasteiger partial charge in [0.1, 0.15) is 23.4 Å². The lowest BCUT2D eigenvalue weighted by Gasteiger charge is -2.25. The molecule has 108 valence electrons. The second-order valence-corrected chi connectivity index (χ2v) is 5.78. The lowest BCUT2D eigenvalue weighted by atomic mass is 9.84. The zero-order valence-corrected chi connectivity index (χ0v) is 12.2. The van der Waals surface area contributed by atoms with Crippen molar-refractivity contribution in [2.75, 3.05) is 7.11 Å². The first kappa shape index (κ1) is 13.5. The molecule has 2 aromatic rings. The molecule has 0 radical (unpaired) electrons. The number of furan rings is 1. The minimum atomic E-state index is -0.486. The number of fused-ring (bicyclic) bond motifs is 1. The molecular weight excluding hydrogens is 252 g/mol. The quantitative estimate of drug-likeness (QED) is 0.904. The van der Waals surface area contributed by atoms with Crippen LogP contribution in [0.25, 0.3) is 10.8 Å². The van der Waals surface area contributed by atoms with Crippen LogP contribution in [0.5, 0.6) is 5.75 Å². The molecule has 1 aromatic heterocycles. The Morgan fingerprint density at radius 2 is 1.95 bits per heavy atom. The van der Waals surface area contributed by atoms with Gasteiger partial charge in [-0.25, -0.2) is 0 Å². The molecule has 1 aliphatic rings. The van der Waals surface area contributed by atoms with Crippen molar-refractivity contribution in [3.63, 3.8) is 0 Å². The van der Waals surface area contributed by atoms with E-state index in [0.29, 0.717) is 5.92 Å². The molecule has 0 amide bonds. The Bertz CT molecular complexity index is 594. The highest BCUT2D eigenvalue weighted by Crippen LogP contribution is 2.39. The van der Waals surface area contributed by atoms with Gasteiger partial charge in [0.05, 0.1) is 7.11 Å². The van der Waals surface area contributed by atoms with Crippen LogP contribution in [-0.2, 0) is 0 Å². The van der Waals surface area contributed by atoms with Crippen LogP contribution in [0.4, 0.5) is 0 Å². The minimum absolute atomic E-state index is 0.333. The summed E-state index contributed by atoms with van der Waals surface area (Å²) in [6.45, 7) is 1.94. The molecule has 0 spiro atoms. The second-order valence-electron chi connectivity index (χ2n) is 5.78. The summed E-state index contributed by atoms with van der Waals surface area (Å²) in [7, 11) is 1.66. The zero-order valence-electron chi connectivity index (χ0n) is 12.2. The largest absolute Gasteiger partial charge is 0.497 e. The van der Waals surface area contributed by atoms with Crippen LogP contribution in [0.15, 0.2) is 22.6 Å². The number of aliphatic hydroxyl groups excluding tert-OH is 1. The Morgan fingerprint density at radius 3 is 2.65 bits per heavy atom. The summed E-state index contributed by atoms with van der Waals surface area (Å²) in [6.07, 6.45) is 5.43. The van der Waals surface area contributed by atoms with Crippen molar-refractivity contribution in [2.45, 2.75) is 45.1 Å². The molecule has 1 aliphatic carbocycles.